The van der Waals surface area contributed by atoms with Gasteiger partial charge in [0.05, 0.1) is 4.90 Å². The van der Waals surface area contributed by atoms with Crippen molar-refractivity contribution in [3.8, 4) is 0 Å². The van der Waals surface area contributed by atoms with Gasteiger partial charge in [0.2, 0.25) is 10.0 Å². The number of aryl methyl sites for hydroxylation is 1. The molecule has 4 nitrogen and oxygen atoms in total. The van der Waals surface area contributed by atoms with Gasteiger partial charge < -0.3 is 4.90 Å². The molecule has 1 N–H and O–H groups in total. The Morgan fingerprint density at radius 3 is 1.76 bits per heavy atom. The minimum atomic E-state index is -3.67. The lowest BCUT2D eigenvalue weighted by atomic mass is 9.71. The van der Waals surface area contributed by atoms with E-state index in [-0.39, 0.29) is 23.8 Å². The lowest BCUT2D eigenvalue weighted by molar-refractivity contribution is 0.302. The van der Waals surface area contributed by atoms with Gasteiger partial charge in [0.25, 0.3) is 0 Å². The minimum Gasteiger partial charge on any atom is -0.302 e. The zero-order valence-electron chi connectivity index (χ0n) is 22.1. The molecular weight excluding hydrogens is 512 g/mol. The van der Waals surface area contributed by atoms with Crippen LogP contribution in [0.1, 0.15) is 35.1 Å². The number of benzene rings is 4. The van der Waals surface area contributed by atoms with Crippen LogP contribution >= 0.6 is 12.4 Å². The first kappa shape index (κ1) is 29.6. The molecule has 6 heteroatoms. The highest BCUT2D eigenvalue weighted by atomic mass is 35.5. The summed E-state index contributed by atoms with van der Waals surface area (Å²) >= 11 is 0. The van der Waals surface area contributed by atoms with E-state index < -0.39 is 15.4 Å². The van der Waals surface area contributed by atoms with E-state index in [2.05, 4.69) is 65.2 Å². The van der Waals surface area contributed by atoms with Crippen LogP contribution in [0.25, 0.3) is 0 Å². The molecule has 0 heterocycles. The van der Waals surface area contributed by atoms with Crippen LogP contribution in [0.3, 0.4) is 0 Å². The summed E-state index contributed by atoms with van der Waals surface area (Å²) in [6.07, 6.45) is 1.72. The Labute approximate surface area is 234 Å². The number of rotatable bonds is 12. The van der Waals surface area contributed by atoms with Gasteiger partial charge in [-0.2, -0.15) is 0 Å². The van der Waals surface area contributed by atoms with Crippen LogP contribution in [-0.4, -0.2) is 33.5 Å². The molecule has 38 heavy (non-hydrogen) atoms. The number of nitrogens with zero attached hydrogens (tertiary/aromatic N) is 1. The van der Waals surface area contributed by atoms with Gasteiger partial charge in [-0.1, -0.05) is 109 Å². The van der Waals surface area contributed by atoms with Gasteiger partial charge >= 0.3 is 0 Å². The third-order valence-electron chi connectivity index (χ3n) is 6.99. The Morgan fingerprint density at radius 1 is 0.737 bits per heavy atom. The Kier molecular flexibility index (Phi) is 10.7. The zero-order chi connectivity index (χ0) is 26.1. The molecule has 0 fully saturated rings. The Morgan fingerprint density at radius 2 is 1.24 bits per heavy atom. The van der Waals surface area contributed by atoms with Gasteiger partial charge in [-0.3, -0.25) is 0 Å². The molecule has 0 saturated carbocycles. The second-order valence-electron chi connectivity index (χ2n) is 9.78. The van der Waals surface area contributed by atoms with E-state index in [0.717, 1.165) is 42.6 Å². The van der Waals surface area contributed by atoms with Crippen molar-refractivity contribution in [2.75, 3.05) is 20.1 Å². The molecule has 4 rings (SSSR count). The summed E-state index contributed by atoms with van der Waals surface area (Å²) in [5.74, 6) is 0. The highest BCUT2D eigenvalue weighted by molar-refractivity contribution is 7.89. The third-order valence-corrected chi connectivity index (χ3v) is 8.40. The third kappa shape index (κ3) is 7.55. The Hall–Kier alpha value is -2.96. The largest absolute Gasteiger partial charge is 0.302 e. The van der Waals surface area contributed by atoms with E-state index in [1.807, 2.05) is 61.5 Å². The second-order valence-corrected chi connectivity index (χ2v) is 11.5. The molecule has 0 unspecified atom stereocenters. The minimum absolute atomic E-state index is 0. The van der Waals surface area contributed by atoms with E-state index >= 15 is 0 Å². The Balaban J connectivity index is 0.00000400. The number of sulfonamides is 1. The topological polar surface area (TPSA) is 49.4 Å². The maximum Gasteiger partial charge on any atom is 0.240 e. The van der Waals surface area contributed by atoms with Crippen LogP contribution in [0.15, 0.2) is 120 Å². The predicted molar refractivity (Wildman–Crippen MR) is 159 cm³/mol. The van der Waals surface area contributed by atoms with Gasteiger partial charge in [0, 0.05) is 18.5 Å². The normalized spacial score (nSPS) is 11.8. The number of halogens is 1. The summed E-state index contributed by atoms with van der Waals surface area (Å²) in [5.41, 5.74) is 4.03. The summed E-state index contributed by atoms with van der Waals surface area (Å²) in [5, 5.41) is 0. The average Bonchev–Trinajstić information content (AvgIpc) is 2.92. The molecule has 4 aromatic rings. The molecule has 0 aliphatic rings. The van der Waals surface area contributed by atoms with Crippen molar-refractivity contribution in [2.45, 2.75) is 36.6 Å². The monoisotopic (exact) mass is 548 g/mol. The summed E-state index contributed by atoms with van der Waals surface area (Å²) in [7, 11) is -1.53. The van der Waals surface area contributed by atoms with Crippen molar-refractivity contribution >= 4 is 22.4 Å². The maximum absolute atomic E-state index is 13.3. The fraction of sp³-hybridized carbons (Fsp3) is 0.250. The molecule has 0 aliphatic carbocycles. The summed E-state index contributed by atoms with van der Waals surface area (Å²) in [6.45, 7) is 4.01. The first-order chi connectivity index (χ1) is 17.9. The SMILES string of the molecule is Cc1ccc(S(=O)(=O)NCC(CCCN(C)Cc2ccccc2)(c2ccccc2)c2ccccc2)cc1.Cl. The molecular formula is C32H37ClN2O2S. The number of hydrogen-bond donors (Lipinski definition) is 1. The fourth-order valence-corrected chi connectivity index (χ4v) is 6.00. The molecule has 0 spiro atoms. The van der Waals surface area contributed by atoms with Crippen LogP contribution in [0.4, 0.5) is 0 Å². The van der Waals surface area contributed by atoms with E-state index in [9.17, 15) is 8.42 Å². The lowest BCUT2D eigenvalue weighted by Crippen LogP contribution is -2.42. The van der Waals surface area contributed by atoms with Crippen molar-refractivity contribution in [1.82, 2.24) is 9.62 Å². The van der Waals surface area contributed by atoms with Crippen molar-refractivity contribution < 1.29 is 8.42 Å². The number of hydrogen-bond acceptors (Lipinski definition) is 3. The molecule has 200 valence electrons. The van der Waals surface area contributed by atoms with Crippen LogP contribution in [0, 0.1) is 6.92 Å². The zero-order valence-corrected chi connectivity index (χ0v) is 23.7. The van der Waals surface area contributed by atoms with Crippen LogP contribution in [-0.2, 0) is 22.0 Å². The molecule has 0 radical (unpaired) electrons. The molecule has 0 aliphatic heterocycles. The van der Waals surface area contributed by atoms with Crippen molar-refractivity contribution in [3.63, 3.8) is 0 Å². The van der Waals surface area contributed by atoms with E-state index in [1.165, 1.54) is 5.56 Å². The van der Waals surface area contributed by atoms with Gasteiger partial charge in [-0.05, 0) is 62.2 Å². The Bertz CT molecular complexity index is 1310. The maximum atomic E-state index is 13.3. The number of nitrogens with one attached hydrogen (secondary N) is 1. The van der Waals surface area contributed by atoms with E-state index in [1.54, 1.807) is 12.1 Å². The van der Waals surface area contributed by atoms with Gasteiger partial charge in [-0.25, -0.2) is 13.1 Å². The standard InChI is InChI=1S/C32H36N2O2S.ClH/c1-27-19-21-31(22-20-27)37(35,36)33-26-32(29-15-8-4-9-16-29,30-17-10-5-11-18-30)23-12-24-34(2)25-28-13-6-3-7-14-28;/h3-11,13-22,33H,12,23-26H2,1-2H3;1H. The smallest absolute Gasteiger partial charge is 0.240 e. The van der Waals surface area contributed by atoms with E-state index in [0.29, 0.717) is 0 Å². The van der Waals surface area contributed by atoms with Crippen molar-refractivity contribution in [3.05, 3.63) is 138 Å². The van der Waals surface area contributed by atoms with Crippen LogP contribution < -0.4 is 4.72 Å². The quantitative estimate of drug-likeness (QED) is 0.217. The molecule has 0 amide bonds. The van der Waals surface area contributed by atoms with Gasteiger partial charge in [0.15, 0.2) is 0 Å². The lowest BCUT2D eigenvalue weighted by Gasteiger charge is -2.36. The van der Waals surface area contributed by atoms with Crippen molar-refractivity contribution in [2.24, 2.45) is 0 Å². The molecule has 4 aromatic carbocycles. The highest BCUT2D eigenvalue weighted by Crippen LogP contribution is 2.37. The average molecular weight is 549 g/mol. The van der Waals surface area contributed by atoms with Gasteiger partial charge in [0.1, 0.15) is 0 Å². The van der Waals surface area contributed by atoms with Crippen LogP contribution in [0.2, 0.25) is 0 Å². The molecule has 0 atom stereocenters. The molecule has 0 aromatic heterocycles. The molecule has 0 bridgehead atoms. The summed E-state index contributed by atoms with van der Waals surface area (Å²) < 4.78 is 29.6. The van der Waals surface area contributed by atoms with Crippen LogP contribution in [0.5, 0.6) is 0 Å². The first-order valence-electron chi connectivity index (χ1n) is 12.8. The first-order valence-corrected chi connectivity index (χ1v) is 14.3. The van der Waals surface area contributed by atoms with E-state index in [4.69, 9.17) is 0 Å². The fourth-order valence-electron chi connectivity index (χ4n) is 4.91. The van der Waals surface area contributed by atoms with Crippen molar-refractivity contribution in [1.29, 1.82) is 0 Å². The highest BCUT2D eigenvalue weighted by Gasteiger charge is 2.35. The summed E-state index contributed by atoms with van der Waals surface area (Å²) in [6, 6.07) is 38.0. The predicted octanol–water partition coefficient (Wildman–Crippen LogP) is 6.59. The molecule has 0 saturated heterocycles. The summed E-state index contributed by atoms with van der Waals surface area (Å²) in [4.78, 5) is 2.61. The second kappa shape index (κ2) is 13.7. The van der Waals surface area contributed by atoms with Gasteiger partial charge in [-0.15, -0.1) is 12.4 Å².